The smallest absolute Gasteiger partial charge is 0.0981 e. The summed E-state index contributed by atoms with van der Waals surface area (Å²) < 4.78 is 0. The van der Waals surface area contributed by atoms with Crippen molar-refractivity contribution in [2.75, 3.05) is 13.1 Å². The molecule has 0 amide bonds. The minimum absolute atomic E-state index is 0.459. The second-order valence-corrected chi connectivity index (χ2v) is 5.98. The van der Waals surface area contributed by atoms with Crippen molar-refractivity contribution in [1.82, 2.24) is 10.2 Å². The number of nitrogens with two attached hydrogens (primary N) is 1. The molecule has 1 rings (SSSR count). The lowest BCUT2D eigenvalue weighted by Crippen LogP contribution is -2.37. The Morgan fingerprint density at radius 3 is 2.52 bits per heavy atom. The predicted octanol–water partition coefficient (Wildman–Crippen LogP) is 4.12. The van der Waals surface area contributed by atoms with Gasteiger partial charge in [0, 0.05) is 25.5 Å². The third-order valence-electron chi connectivity index (χ3n) is 4.08. The molecule has 0 aromatic carbocycles. The van der Waals surface area contributed by atoms with Crippen molar-refractivity contribution in [2.45, 2.75) is 77.3 Å². The molecule has 3 heteroatoms. The summed E-state index contributed by atoms with van der Waals surface area (Å²) in [5.41, 5.74) is 5.62. The Hall–Kier alpha value is -0.960. The molecule has 0 radical (unpaired) electrons. The first-order valence-electron chi connectivity index (χ1n) is 8.92. The van der Waals surface area contributed by atoms with Gasteiger partial charge >= 0.3 is 0 Å². The highest BCUT2D eigenvalue weighted by atomic mass is 15.3. The van der Waals surface area contributed by atoms with E-state index in [9.17, 15) is 0 Å². The lowest BCUT2D eigenvalue weighted by molar-refractivity contribution is 0.267. The second-order valence-electron chi connectivity index (χ2n) is 5.98. The highest BCUT2D eigenvalue weighted by Gasteiger charge is 2.16. The number of hydrogen-bond acceptors (Lipinski definition) is 3. The summed E-state index contributed by atoms with van der Waals surface area (Å²) in [5.74, 6) is 0. The average molecular weight is 293 g/mol. The molecule has 3 nitrogen and oxygen atoms in total. The molecule has 122 valence electrons. The van der Waals surface area contributed by atoms with E-state index in [-0.39, 0.29) is 0 Å². The Morgan fingerprint density at radius 2 is 1.76 bits per heavy atom. The minimum atomic E-state index is 0.459. The standard InChI is InChI=1S/C18H35N3/c1-2-3-4-5-6-7-8-9-10-11-12-13-18-20-15-17-21(18)16-14-19/h9-10,15,17-18,20H,2-8,11-14,16,19H2,1H3/b10-9+. The summed E-state index contributed by atoms with van der Waals surface area (Å²) >= 11 is 0. The van der Waals surface area contributed by atoms with Crippen LogP contribution in [0.4, 0.5) is 0 Å². The van der Waals surface area contributed by atoms with E-state index >= 15 is 0 Å². The van der Waals surface area contributed by atoms with Crippen LogP contribution in [0.1, 0.15) is 71.1 Å². The molecule has 21 heavy (non-hydrogen) atoms. The molecular formula is C18H35N3. The van der Waals surface area contributed by atoms with Gasteiger partial charge in [-0.2, -0.15) is 0 Å². The maximum absolute atomic E-state index is 5.62. The van der Waals surface area contributed by atoms with Gasteiger partial charge in [0.1, 0.15) is 0 Å². The first-order chi connectivity index (χ1) is 10.4. The fourth-order valence-electron chi connectivity index (χ4n) is 2.79. The summed E-state index contributed by atoms with van der Waals surface area (Å²) in [6, 6.07) is 0. The maximum Gasteiger partial charge on any atom is 0.0981 e. The average Bonchev–Trinajstić information content (AvgIpc) is 2.92. The van der Waals surface area contributed by atoms with Crippen LogP contribution < -0.4 is 11.1 Å². The molecule has 1 heterocycles. The Bertz CT molecular complexity index is 286. The van der Waals surface area contributed by atoms with E-state index < -0.39 is 0 Å². The quantitative estimate of drug-likeness (QED) is 0.396. The maximum atomic E-state index is 5.62. The van der Waals surface area contributed by atoms with E-state index in [1.165, 1.54) is 64.2 Å². The molecule has 1 unspecified atom stereocenters. The van der Waals surface area contributed by atoms with Crippen molar-refractivity contribution < 1.29 is 0 Å². The lowest BCUT2D eigenvalue weighted by Gasteiger charge is -2.24. The number of unbranched alkanes of at least 4 members (excludes halogenated alkanes) is 7. The van der Waals surface area contributed by atoms with Crippen LogP contribution in [0.15, 0.2) is 24.6 Å². The Morgan fingerprint density at radius 1 is 1.05 bits per heavy atom. The van der Waals surface area contributed by atoms with Crippen molar-refractivity contribution in [3.05, 3.63) is 24.6 Å². The largest absolute Gasteiger partial charge is 0.370 e. The fraction of sp³-hybridized carbons (Fsp3) is 0.778. The van der Waals surface area contributed by atoms with Crippen LogP contribution in [-0.4, -0.2) is 24.2 Å². The van der Waals surface area contributed by atoms with Gasteiger partial charge in [-0.25, -0.2) is 0 Å². The molecule has 0 aromatic rings. The minimum Gasteiger partial charge on any atom is -0.370 e. The molecule has 1 atom stereocenters. The summed E-state index contributed by atoms with van der Waals surface area (Å²) in [7, 11) is 0. The van der Waals surface area contributed by atoms with Gasteiger partial charge in [-0.3, -0.25) is 0 Å². The van der Waals surface area contributed by atoms with Gasteiger partial charge in [0.15, 0.2) is 0 Å². The highest BCUT2D eigenvalue weighted by Crippen LogP contribution is 2.12. The Labute approximate surface area is 131 Å². The van der Waals surface area contributed by atoms with Crippen LogP contribution in [0.25, 0.3) is 0 Å². The summed E-state index contributed by atoms with van der Waals surface area (Å²) in [6.45, 7) is 3.94. The fourth-order valence-corrected chi connectivity index (χ4v) is 2.79. The topological polar surface area (TPSA) is 41.3 Å². The molecule has 0 saturated carbocycles. The number of allylic oxidation sites excluding steroid dienone is 2. The van der Waals surface area contributed by atoms with Crippen LogP contribution in [0.3, 0.4) is 0 Å². The van der Waals surface area contributed by atoms with Crippen LogP contribution >= 0.6 is 0 Å². The van der Waals surface area contributed by atoms with Gasteiger partial charge in [-0.05, 0) is 32.1 Å². The van der Waals surface area contributed by atoms with Gasteiger partial charge in [0.05, 0.1) is 6.17 Å². The third kappa shape index (κ3) is 8.82. The SMILES string of the molecule is CCCCCCCC/C=C/CCCC1NC=CN1CCN. The first-order valence-corrected chi connectivity index (χ1v) is 8.92. The van der Waals surface area contributed by atoms with Gasteiger partial charge < -0.3 is 16.0 Å². The van der Waals surface area contributed by atoms with Gasteiger partial charge in [0.25, 0.3) is 0 Å². The van der Waals surface area contributed by atoms with Crippen molar-refractivity contribution in [2.24, 2.45) is 5.73 Å². The summed E-state index contributed by atoms with van der Waals surface area (Å²) in [4.78, 5) is 2.31. The predicted molar refractivity (Wildman–Crippen MR) is 92.8 cm³/mol. The van der Waals surface area contributed by atoms with E-state index in [4.69, 9.17) is 5.73 Å². The van der Waals surface area contributed by atoms with E-state index in [0.717, 1.165) is 13.1 Å². The van der Waals surface area contributed by atoms with E-state index in [0.29, 0.717) is 6.17 Å². The van der Waals surface area contributed by atoms with Crippen molar-refractivity contribution in [1.29, 1.82) is 0 Å². The highest BCUT2D eigenvalue weighted by molar-refractivity contribution is 4.94. The number of hydrogen-bond donors (Lipinski definition) is 2. The molecule has 0 aliphatic carbocycles. The molecular weight excluding hydrogens is 258 g/mol. The zero-order valence-corrected chi connectivity index (χ0v) is 13.9. The Balaban J connectivity index is 1.90. The number of nitrogens with zero attached hydrogens (tertiary/aromatic N) is 1. The molecule has 0 spiro atoms. The van der Waals surface area contributed by atoms with Crippen molar-refractivity contribution >= 4 is 0 Å². The molecule has 0 saturated heterocycles. The Kier molecular flexibility index (Phi) is 11.0. The zero-order valence-electron chi connectivity index (χ0n) is 13.9. The zero-order chi connectivity index (χ0) is 15.2. The third-order valence-corrected chi connectivity index (χ3v) is 4.08. The van der Waals surface area contributed by atoms with E-state index in [1.54, 1.807) is 0 Å². The van der Waals surface area contributed by atoms with Crippen LogP contribution in [0.2, 0.25) is 0 Å². The number of rotatable bonds is 13. The molecule has 0 aromatic heterocycles. The monoisotopic (exact) mass is 293 g/mol. The van der Waals surface area contributed by atoms with Gasteiger partial charge in [-0.15, -0.1) is 0 Å². The van der Waals surface area contributed by atoms with Crippen molar-refractivity contribution in [3.63, 3.8) is 0 Å². The second kappa shape index (κ2) is 12.8. The van der Waals surface area contributed by atoms with Gasteiger partial charge in [-0.1, -0.05) is 51.2 Å². The molecule has 1 aliphatic heterocycles. The molecule has 3 N–H and O–H groups in total. The summed E-state index contributed by atoms with van der Waals surface area (Å²) in [5, 5.41) is 3.39. The van der Waals surface area contributed by atoms with E-state index in [1.807, 2.05) is 6.20 Å². The summed E-state index contributed by atoms with van der Waals surface area (Å²) in [6.07, 6.45) is 22.6. The molecule has 0 fully saturated rings. The normalized spacial score (nSPS) is 17.8. The van der Waals surface area contributed by atoms with Crippen LogP contribution in [0, 0.1) is 0 Å². The first kappa shape index (κ1) is 18.1. The molecule has 1 aliphatic rings. The lowest BCUT2D eigenvalue weighted by atomic mass is 10.1. The van der Waals surface area contributed by atoms with E-state index in [2.05, 4.69) is 35.5 Å². The van der Waals surface area contributed by atoms with Gasteiger partial charge in [0.2, 0.25) is 0 Å². The number of nitrogens with one attached hydrogen (secondary N) is 1. The molecule has 0 bridgehead atoms. The van der Waals surface area contributed by atoms with Crippen molar-refractivity contribution in [3.8, 4) is 0 Å². The van der Waals surface area contributed by atoms with Crippen LogP contribution in [-0.2, 0) is 0 Å². The van der Waals surface area contributed by atoms with Crippen LogP contribution in [0.5, 0.6) is 0 Å².